The zero-order valence-corrected chi connectivity index (χ0v) is 43.6. The maximum absolute atomic E-state index is 12.5. The zero-order valence-electron chi connectivity index (χ0n) is 43.6. The summed E-state index contributed by atoms with van der Waals surface area (Å²) in [7, 11) is 0. The first-order valence-electron chi connectivity index (χ1n) is 29.2. The van der Waals surface area contributed by atoms with Gasteiger partial charge in [-0.05, 0) is 44.9 Å². The molecule has 0 bridgehead atoms. The molecule has 0 aliphatic carbocycles. The molecule has 0 aromatic rings. The third-order valence-electron chi connectivity index (χ3n) is 13.6. The number of hydrogen-bond donors (Lipinski definition) is 3. The van der Waals surface area contributed by atoms with E-state index < -0.39 is 12.1 Å². The van der Waals surface area contributed by atoms with E-state index in [9.17, 15) is 15.0 Å². The van der Waals surface area contributed by atoms with Crippen LogP contribution >= 0.6 is 0 Å². The number of rotatable bonds is 54. The summed E-state index contributed by atoms with van der Waals surface area (Å²) in [5, 5.41) is 23.2. The van der Waals surface area contributed by atoms with Crippen LogP contribution in [-0.2, 0) is 4.79 Å². The van der Waals surface area contributed by atoms with Gasteiger partial charge in [0.25, 0.3) is 0 Å². The van der Waals surface area contributed by atoms with Crippen molar-refractivity contribution < 1.29 is 15.0 Å². The molecular weight excluding hydrogens is 783 g/mol. The van der Waals surface area contributed by atoms with Gasteiger partial charge in [0.15, 0.2) is 0 Å². The maximum Gasteiger partial charge on any atom is 0.220 e. The van der Waals surface area contributed by atoms with Crippen molar-refractivity contribution in [3.05, 3.63) is 36.5 Å². The number of allylic oxidation sites excluding steroid dienone is 5. The Labute approximate surface area is 402 Å². The van der Waals surface area contributed by atoms with Crippen LogP contribution in [0.1, 0.15) is 322 Å². The summed E-state index contributed by atoms with van der Waals surface area (Å²) < 4.78 is 0. The van der Waals surface area contributed by atoms with Gasteiger partial charge in [0.05, 0.1) is 18.8 Å². The molecule has 0 rings (SSSR count). The van der Waals surface area contributed by atoms with Crippen LogP contribution in [0.25, 0.3) is 0 Å². The summed E-state index contributed by atoms with van der Waals surface area (Å²) in [5.74, 6) is -0.0714. The highest BCUT2D eigenvalue weighted by Gasteiger charge is 2.18. The van der Waals surface area contributed by atoms with E-state index in [1.807, 2.05) is 6.08 Å². The van der Waals surface area contributed by atoms with Crippen LogP contribution < -0.4 is 5.32 Å². The van der Waals surface area contributed by atoms with Crippen molar-refractivity contribution in [3.8, 4) is 0 Å². The standard InChI is InChI=1S/C60H115NO3/c1-3-5-7-9-11-13-15-17-19-21-23-25-27-29-30-31-32-34-36-38-40-42-44-46-48-50-52-54-56-60(64)61-58(57-62)59(63)55-53-51-49-47-45-43-41-39-37-35-33-28-26-24-22-20-18-16-14-12-10-8-6-4-2/h37,39,45,47,53,55,58-59,62-63H,3-36,38,40-44,46,48-52,54,56-57H2,1-2H3,(H,61,64)/b39-37+,47-45+,55-53+. The minimum atomic E-state index is -0.869. The minimum Gasteiger partial charge on any atom is -0.394 e. The van der Waals surface area contributed by atoms with E-state index in [1.165, 1.54) is 263 Å². The molecule has 0 radical (unpaired) electrons. The highest BCUT2D eigenvalue weighted by molar-refractivity contribution is 5.76. The topological polar surface area (TPSA) is 69.6 Å². The summed E-state index contributed by atoms with van der Waals surface area (Å²) in [6.45, 7) is 4.33. The van der Waals surface area contributed by atoms with Gasteiger partial charge < -0.3 is 15.5 Å². The highest BCUT2D eigenvalue weighted by Crippen LogP contribution is 2.18. The summed E-state index contributed by atoms with van der Waals surface area (Å²) in [6.07, 6.45) is 76.1. The van der Waals surface area contributed by atoms with Gasteiger partial charge in [-0.3, -0.25) is 4.79 Å². The van der Waals surface area contributed by atoms with E-state index in [0.717, 1.165) is 38.5 Å². The Hall–Kier alpha value is -1.39. The molecule has 4 heteroatoms. The molecule has 2 atom stereocenters. The van der Waals surface area contributed by atoms with E-state index in [-0.39, 0.29) is 12.5 Å². The monoisotopic (exact) mass is 898 g/mol. The summed E-state index contributed by atoms with van der Waals surface area (Å²) in [6, 6.07) is -0.644. The van der Waals surface area contributed by atoms with E-state index in [2.05, 4.69) is 43.5 Å². The van der Waals surface area contributed by atoms with Crippen LogP contribution in [0.4, 0.5) is 0 Å². The Balaban J connectivity index is 3.51. The van der Waals surface area contributed by atoms with Crippen molar-refractivity contribution in [2.24, 2.45) is 0 Å². The second-order valence-corrected chi connectivity index (χ2v) is 20.1. The van der Waals surface area contributed by atoms with Crippen LogP contribution in [-0.4, -0.2) is 34.9 Å². The second-order valence-electron chi connectivity index (χ2n) is 20.1. The highest BCUT2D eigenvalue weighted by atomic mass is 16.3. The van der Waals surface area contributed by atoms with Gasteiger partial charge in [0.2, 0.25) is 5.91 Å². The van der Waals surface area contributed by atoms with Crippen molar-refractivity contribution in [2.45, 2.75) is 334 Å². The van der Waals surface area contributed by atoms with Crippen LogP contribution in [0, 0.1) is 0 Å². The van der Waals surface area contributed by atoms with Gasteiger partial charge in [-0.2, -0.15) is 0 Å². The Morgan fingerprint density at radius 1 is 0.359 bits per heavy atom. The molecule has 0 aromatic heterocycles. The largest absolute Gasteiger partial charge is 0.394 e. The van der Waals surface area contributed by atoms with Crippen molar-refractivity contribution in [3.63, 3.8) is 0 Å². The lowest BCUT2D eigenvalue weighted by atomic mass is 10.0. The predicted molar refractivity (Wildman–Crippen MR) is 285 cm³/mol. The first kappa shape index (κ1) is 62.6. The molecule has 0 saturated heterocycles. The third kappa shape index (κ3) is 51.6. The minimum absolute atomic E-state index is 0.0714. The Kier molecular flexibility index (Phi) is 54.7. The number of aliphatic hydroxyl groups is 2. The van der Waals surface area contributed by atoms with Crippen LogP contribution in [0.2, 0.25) is 0 Å². The molecule has 2 unspecified atom stereocenters. The van der Waals surface area contributed by atoms with Gasteiger partial charge in [0, 0.05) is 6.42 Å². The number of carbonyl (C=O) groups excluding carboxylic acids is 1. The fraction of sp³-hybridized carbons (Fsp3) is 0.883. The predicted octanol–water partition coefficient (Wildman–Crippen LogP) is 19.3. The fourth-order valence-corrected chi connectivity index (χ4v) is 9.16. The van der Waals surface area contributed by atoms with Gasteiger partial charge in [0.1, 0.15) is 0 Å². The second kappa shape index (κ2) is 55.9. The summed E-state index contributed by atoms with van der Waals surface area (Å²) in [5.41, 5.74) is 0. The quantitative estimate of drug-likeness (QED) is 0.0421. The lowest BCUT2D eigenvalue weighted by molar-refractivity contribution is -0.123. The van der Waals surface area contributed by atoms with Crippen molar-refractivity contribution in [1.82, 2.24) is 5.32 Å². The number of carbonyl (C=O) groups is 1. The molecule has 64 heavy (non-hydrogen) atoms. The average Bonchev–Trinajstić information content (AvgIpc) is 3.30. The molecule has 0 aliphatic rings. The Bertz CT molecular complexity index is 974. The first-order chi connectivity index (χ1) is 31.7. The maximum atomic E-state index is 12.5. The third-order valence-corrected chi connectivity index (χ3v) is 13.6. The fourth-order valence-electron chi connectivity index (χ4n) is 9.16. The molecule has 4 nitrogen and oxygen atoms in total. The molecule has 3 N–H and O–H groups in total. The molecule has 0 fully saturated rings. The molecule has 0 aromatic carbocycles. The van der Waals surface area contributed by atoms with Crippen LogP contribution in [0.5, 0.6) is 0 Å². The molecule has 378 valence electrons. The number of unbranched alkanes of at least 4 members (excludes halogenated alkanes) is 43. The molecule has 0 heterocycles. The van der Waals surface area contributed by atoms with E-state index in [4.69, 9.17) is 0 Å². The van der Waals surface area contributed by atoms with Crippen molar-refractivity contribution in [1.29, 1.82) is 0 Å². The number of nitrogens with one attached hydrogen (secondary N) is 1. The normalized spacial score (nSPS) is 13.0. The van der Waals surface area contributed by atoms with Crippen LogP contribution in [0.3, 0.4) is 0 Å². The molecular formula is C60H115NO3. The van der Waals surface area contributed by atoms with Crippen LogP contribution in [0.15, 0.2) is 36.5 Å². The molecule has 0 saturated carbocycles. The molecule has 0 aliphatic heterocycles. The SMILES string of the molecule is CCCCCCCCCCCCCCCC/C=C/CC/C=C/CC/C=C/C(O)C(CO)NC(=O)CCCCCCCCCCCCCCCCCCCCCCCCCCCCCC. The summed E-state index contributed by atoms with van der Waals surface area (Å²) in [4.78, 5) is 12.5. The number of aliphatic hydroxyl groups excluding tert-OH is 2. The van der Waals surface area contributed by atoms with E-state index in [0.29, 0.717) is 6.42 Å². The molecule has 0 spiro atoms. The van der Waals surface area contributed by atoms with E-state index >= 15 is 0 Å². The lowest BCUT2D eigenvalue weighted by Gasteiger charge is -2.19. The van der Waals surface area contributed by atoms with Gasteiger partial charge >= 0.3 is 0 Å². The smallest absolute Gasteiger partial charge is 0.220 e. The van der Waals surface area contributed by atoms with Gasteiger partial charge in [-0.25, -0.2) is 0 Å². The van der Waals surface area contributed by atoms with E-state index in [1.54, 1.807) is 6.08 Å². The van der Waals surface area contributed by atoms with Crippen molar-refractivity contribution in [2.75, 3.05) is 6.61 Å². The Morgan fingerprint density at radius 3 is 0.906 bits per heavy atom. The number of hydrogen-bond acceptors (Lipinski definition) is 3. The molecule has 1 amide bonds. The van der Waals surface area contributed by atoms with Gasteiger partial charge in [-0.1, -0.05) is 307 Å². The first-order valence-corrected chi connectivity index (χ1v) is 29.2. The number of amides is 1. The Morgan fingerprint density at radius 2 is 0.609 bits per heavy atom. The van der Waals surface area contributed by atoms with Gasteiger partial charge in [-0.15, -0.1) is 0 Å². The average molecular weight is 899 g/mol. The van der Waals surface area contributed by atoms with Crippen molar-refractivity contribution >= 4 is 5.91 Å². The summed E-state index contributed by atoms with van der Waals surface area (Å²) >= 11 is 0. The lowest BCUT2D eigenvalue weighted by Crippen LogP contribution is -2.45. The zero-order chi connectivity index (χ0) is 46.3.